The molecule has 3 rings (SSSR count). The summed E-state index contributed by atoms with van der Waals surface area (Å²) in [4.78, 5) is 26.6. The van der Waals surface area contributed by atoms with Gasteiger partial charge in [-0.1, -0.05) is 6.92 Å². The summed E-state index contributed by atoms with van der Waals surface area (Å²) >= 11 is 0. The lowest BCUT2D eigenvalue weighted by molar-refractivity contribution is -0.136. The van der Waals surface area contributed by atoms with Crippen LogP contribution in [0.5, 0.6) is 0 Å². The first-order chi connectivity index (χ1) is 11.1. The summed E-state index contributed by atoms with van der Waals surface area (Å²) in [5, 5.41) is 4.41. The molecule has 8 nitrogen and oxygen atoms in total. The molecule has 0 unspecified atom stereocenters. The Balaban J connectivity index is 1.81. The topological polar surface area (TPSA) is 78.6 Å². The second-order valence-corrected chi connectivity index (χ2v) is 6.09. The highest BCUT2D eigenvalue weighted by Crippen LogP contribution is 2.32. The highest BCUT2D eigenvalue weighted by Gasteiger charge is 2.32. The second kappa shape index (κ2) is 6.84. The number of morpholine rings is 1. The predicted octanol–water partition coefficient (Wildman–Crippen LogP) is 0.0210. The van der Waals surface area contributed by atoms with Crippen molar-refractivity contribution < 1.29 is 14.3 Å². The highest BCUT2D eigenvalue weighted by molar-refractivity contribution is 5.75. The fourth-order valence-corrected chi connectivity index (χ4v) is 3.13. The van der Waals surface area contributed by atoms with E-state index in [1.165, 1.54) is 4.68 Å². The molecular formula is C15H24N4O4. The molecule has 2 saturated heterocycles. The average Bonchev–Trinajstić information content (AvgIpc) is 3.12. The fourth-order valence-electron chi connectivity index (χ4n) is 3.13. The number of carbonyl (C=O) groups excluding carboxylic acids is 1. The number of amides is 1. The largest absolute Gasteiger partial charge is 0.378 e. The van der Waals surface area contributed by atoms with Gasteiger partial charge in [0.2, 0.25) is 5.91 Å². The van der Waals surface area contributed by atoms with Gasteiger partial charge >= 0.3 is 5.69 Å². The molecule has 2 aliphatic rings. The Labute approximate surface area is 135 Å². The van der Waals surface area contributed by atoms with Gasteiger partial charge in [0.15, 0.2) is 5.82 Å². The van der Waals surface area contributed by atoms with Crippen LogP contribution >= 0.6 is 0 Å². The molecule has 2 fully saturated rings. The summed E-state index contributed by atoms with van der Waals surface area (Å²) in [6.07, 6.45) is 0.796. The minimum atomic E-state index is -0.244. The van der Waals surface area contributed by atoms with Gasteiger partial charge in [0.25, 0.3) is 0 Å². The number of hydrogen-bond acceptors (Lipinski definition) is 5. The van der Waals surface area contributed by atoms with Gasteiger partial charge in [0.1, 0.15) is 12.6 Å². The number of rotatable bonds is 4. The lowest BCUT2D eigenvalue weighted by Gasteiger charge is -2.26. The molecule has 0 aromatic carbocycles. The van der Waals surface area contributed by atoms with E-state index in [9.17, 15) is 9.59 Å². The SMILES string of the molecule is CCn1c([C@H]2OCC[C@H]2C)nn(CC(=O)N2CCOCC2)c1=O. The lowest BCUT2D eigenvalue weighted by Crippen LogP contribution is -2.43. The van der Waals surface area contributed by atoms with Gasteiger partial charge in [0.05, 0.1) is 13.2 Å². The Hall–Kier alpha value is -1.67. The van der Waals surface area contributed by atoms with Crippen LogP contribution in [0.25, 0.3) is 0 Å². The molecule has 1 aromatic heterocycles. The van der Waals surface area contributed by atoms with Crippen LogP contribution in [0.15, 0.2) is 4.79 Å². The maximum absolute atomic E-state index is 12.5. The summed E-state index contributed by atoms with van der Waals surface area (Å²) in [7, 11) is 0. The smallest absolute Gasteiger partial charge is 0.346 e. The molecule has 128 valence electrons. The number of aromatic nitrogens is 3. The van der Waals surface area contributed by atoms with E-state index in [1.807, 2.05) is 6.92 Å². The van der Waals surface area contributed by atoms with Gasteiger partial charge in [-0.15, -0.1) is 0 Å². The first-order valence-electron chi connectivity index (χ1n) is 8.26. The van der Waals surface area contributed by atoms with Gasteiger partial charge in [0, 0.05) is 26.2 Å². The molecule has 0 bridgehead atoms. The summed E-state index contributed by atoms with van der Waals surface area (Å²) in [6.45, 7) is 7.40. The van der Waals surface area contributed by atoms with Crippen LogP contribution in [0.2, 0.25) is 0 Å². The van der Waals surface area contributed by atoms with Crippen LogP contribution < -0.4 is 5.69 Å². The Morgan fingerprint density at radius 2 is 2.04 bits per heavy atom. The van der Waals surface area contributed by atoms with Gasteiger partial charge < -0.3 is 14.4 Å². The Kier molecular flexibility index (Phi) is 4.82. The van der Waals surface area contributed by atoms with Crippen molar-refractivity contribution >= 4 is 5.91 Å². The zero-order valence-corrected chi connectivity index (χ0v) is 13.7. The first-order valence-corrected chi connectivity index (χ1v) is 8.26. The van der Waals surface area contributed by atoms with Gasteiger partial charge in [-0.05, 0) is 19.3 Å². The maximum atomic E-state index is 12.5. The molecule has 0 spiro atoms. The summed E-state index contributed by atoms with van der Waals surface area (Å²) < 4.78 is 13.9. The summed E-state index contributed by atoms with van der Waals surface area (Å²) in [6, 6.07) is 0. The van der Waals surface area contributed by atoms with Crippen molar-refractivity contribution in [2.24, 2.45) is 5.92 Å². The molecule has 2 aliphatic heterocycles. The van der Waals surface area contributed by atoms with Crippen LogP contribution in [0.1, 0.15) is 32.2 Å². The average molecular weight is 324 g/mol. The molecule has 3 heterocycles. The predicted molar refractivity (Wildman–Crippen MR) is 82.0 cm³/mol. The van der Waals surface area contributed by atoms with Crippen LogP contribution in [-0.4, -0.2) is 58.1 Å². The normalized spacial score (nSPS) is 25.0. The van der Waals surface area contributed by atoms with E-state index < -0.39 is 0 Å². The van der Waals surface area contributed by atoms with E-state index in [2.05, 4.69) is 12.0 Å². The van der Waals surface area contributed by atoms with E-state index >= 15 is 0 Å². The molecule has 23 heavy (non-hydrogen) atoms. The first kappa shape index (κ1) is 16.2. The number of hydrogen-bond donors (Lipinski definition) is 0. The quantitative estimate of drug-likeness (QED) is 0.780. The van der Waals surface area contributed by atoms with E-state index in [1.54, 1.807) is 9.47 Å². The molecule has 0 aliphatic carbocycles. The fraction of sp³-hybridized carbons (Fsp3) is 0.800. The van der Waals surface area contributed by atoms with Crippen LogP contribution in [-0.2, 0) is 27.4 Å². The Morgan fingerprint density at radius 3 is 2.65 bits per heavy atom. The van der Waals surface area contributed by atoms with E-state index in [4.69, 9.17) is 9.47 Å². The molecule has 0 N–H and O–H groups in total. The Bertz CT molecular complexity index is 617. The van der Waals surface area contributed by atoms with Crippen LogP contribution in [0.4, 0.5) is 0 Å². The van der Waals surface area contributed by atoms with Crippen molar-refractivity contribution in [2.75, 3.05) is 32.9 Å². The standard InChI is InChI=1S/C15H24N4O4/c1-3-18-14(13-11(2)4-7-23-13)16-19(15(18)21)10-12(20)17-5-8-22-9-6-17/h11,13H,3-10H2,1-2H3/t11-,13+/m1/s1. The van der Waals surface area contributed by atoms with E-state index in [0.29, 0.717) is 51.2 Å². The van der Waals surface area contributed by atoms with E-state index in [0.717, 1.165) is 6.42 Å². The Morgan fingerprint density at radius 1 is 1.30 bits per heavy atom. The van der Waals surface area contributed by atoms with Gasteiger partial charge in [-0.25, -0.2) is 9.48 Å². The van der Waals surface area contributed by atoms with Crippen LogP contribution in [0.3, 0.4) is 0 Å². The van der Waals surface area contributed by atoms with Crippen molar-refractivity contribution in [1.29, 1.82) is 0 Å². The third-order valence-corrected chi connectivity index (χ3v) is 4.56. The van der Waals surface area contributed by atoms with Crippen molar-refractivity contribution in [3.05, 3.63) is 16.3 Å². The van der Waals surface area contributed by atoms with E-state index in [-0.39, 0.29) is 24.2 Å². The van der Waals surface area contributed by atoms with Crippen molar-refractivity contribution in [3.8, 4) is 0 Å². The molecule has 1 aromatic rings. The monoisotopic (exact) mass is 324 g/mol. The zero-order chi connectivity index (χ0) is 16.4. The molecule has 8 heteroatoms. The molecule has 0 saturated carbocycles. The van der Waals surface area contributed by atoms with Crippen molar-refractivity contribution in [2.45, 2.75) is 39.5 Å². The molecule has 1 amide bonds. The number of ether oxygens (including phenoxy) is 2. The minimum absolute atomic E-state index is 0.0278. The van der Waals surface area contributed by atoms with Gasteiger partial charge in [-0.2, -0.15) is 5.10 Å². The second-order valence-electron chi connectivity index (χ2n) is 6.09. The van der Waals surface area contributed by atoms with Gasteiger partial charge in [-0.3, -0.25) is 9.36 Å². The highest BCUT2D eigenvalue weighted by atomic mass is 16.5. The lowest BCUT2D eigenvalue weighted by atomic mass is 10.0. The number of carbonyl (C=O) groups is 1. The van der Waals surface area contributed by atoms with Crippen LogP contribution in [0, 0.1) is 5.92 Å². The number of nitrogens with zero attached hydrogens (tertiary/aromatic N) is 4. The third kappa shape index (κ3) is 3.18. The molecule has 0 radical (unpaired) electrons. The summed E-state index contributed by atoms with van der Waals surface area (Å²) in [5.74, 6) is 0.867. The third-order valence-electron chi connectivity index (χ3n) is 4.56. The zero-order valence-electron chi connectivity index (χ0n) is 13.7. The molecular weight excluding hydrogens is 300 g/mol. The minimum Gasteiger partial charge on any atom is -0.378 e. The maximum Gasteiger partial charge on any atom is 0.346 e. The van der Waals surface area contributed by atoms with Crippen molar-refractivity contribution in [1.82, 2.24) is 19.2 Å². The molecule has 2 atom stereocenters. The van der Waals surface area contributed by atoms with Crippen molar-refractivity contribution in [3.63, 3.8) is 0 Å². The summed E-state index contributed by atoms with van der Waals surface area (Å²) in [5.41, 5.74) is -0.244.